The van der Waals surface area contributed by atoms with Crippen molar-refractivity contribution in [3.8, 4) is 0 Å². The summed E-state index contributed by atoms with van der Waals surface area (Å²) in [5, 5.41) is 11.8. The number of carboxylic acid groups (broad SMARTS) is 1. The van der Waals surface area contributed by atoms with Gasteiger partial charge in [-0.05, 0) is 32.4 Å². The van der Waals surface area contributed by atoms with Crippen LogP contribution in [0.15, 0.2) is 0 Å². The summed E-state index contributed by atoms with van der Waals surface area (Å²) in [5.41, 5.74) is -1.34. The van der Waals surface area contributed by atoms with Gasteiger partial charge in [0.05, 0.1) is 13.2 Å². The lowest BCUT2D eigenvalue weighted by atomic mass is 9.85. The lowest BCUT2D eigenvalue weighted by Crippen LogP contribution is -2.59. The van der Waals surface area contributed by atoms with E-state index in [1.807, 2.05) is 0 Å². The van der Waals surface area contributed by atoms with E-state index in [2.05, 4.69) is 17.3 Å². The SMILES string of the molecule is CN1CCC(CCNC(=O)C2(C(=O)O)COC2)C1. The third kappa shape index (κ3) is 2.49. The predicted molar refractivity (Wildman–Crippen MR) is 64.1 cm³/mol. The second-order valence-electron chi connectivity index (χ2n) is 5.34. The van der Waals surface area contributed by atoms with Crippen LogP contribution in [0.2, 0.25) is 0 Å². The second-order valence-corrected chi connectivity index (χ2v) is 5.34. The molecule has 2 rings (SSSR count). The van der Waals surface area contributed by atoms with Crippen molar-refractivity contribution < 1.29 is 19.4 Å². The topological polar surface area (TPSA) is 78.9 Å². The Morgan fingerprint density at radius 1 is 1.50 bits per heavy atom. The summed E-state index contributed by atoms with van der Waals surface area (Å²) in [6.07, 6.45) is 2.06. The molecule has 0 bridgehead atoms. The number of hydrogen-bond donors (Lipinski definition) is 2. The molecule has 2 fully saturated rings. The standard InChI is InChI=1S/C12H20N2O4/c1-14-5-3-9(6-14)2-4-13-10(15)12(11(16)17)7-18-8-12/h9H,2-8H2,1H3,(H,13,15)(H,16,17). The van der Waals surface area contributed by atoms with E-state index >= 15 is 0 Å². The molecule has 0 aliphatic carbocycles. The Morgan fingerprint density at radius 2 is 2.22 bits per heavy atom. The molecular weight excluding hydrogens is 236 g/mol. The van der Waals surface area contributed by atoms with E-state index in [1.165, 1.54) is 0 Å². The minimum atomic E-state index is -1.34. The van der Waals surface area contributed by atoms with Crippen LogP contribution in [0.5, 0.6) is 0 Å². The van der Waals surface area contributed by atoms with Crippen LogP contribution < -0.4 is 5.32 Å². The minimum absolute atomic E-state index is 0.0136. The summed E-state index contributed by atoms with van der Waals surface area (Å²) < 4.78 is 4.87. The van der Waals surface area contributed by atoms with Crippen molar-refractivity contribution in [2.45, 2.75) is 12.8 Å². The van der Waals surface area contributed by atoms with Crippen LogP contribution >= 0.6 is 0 Å². The number of likely N-dealkylation sites (tertiary alicyclic amines) is 1. The molecule has 6 nitrogen and oxygen atoms in total. The highest BCUT2D eigenvalue weighted by atomic mass is 16.5. The molecule has 2 aliphatic heterocycles. The zero-order valence-corrected chi connectivity index (χ0v) is 10.6. The lowest BCUT2D eigenvalue weighted by molar-refractivity contribution is -0.185. The van der Waals surface area contributed by atoms with Crippen LogP contribution in [0.4, 0.5) is 0 Å². The highest BCUT2D eigenvalue weighted by molar-refractivity contribution is 6.03. The van der Waals surface area contributed by atoms with Gasteiger partial charge in [0, 0.05) is 13.1 Å². The van der Waals surface area contributed by atoms with Crippen LogP contribution in [0.25, 0.3) is 0 Å². The zero-order valence-electron chi connectivity index (χ0n) is 10.6. The normalized spacial score (nSPS) is 26.6. The number of amides is 1. The molecule has 18 heavy (non-hydrogen) atoms. The molecule has 2 N–H and O–H groups in total. The number of aliphatic carboxylic acids is 1. The molecule has 0 aromatic heterocycles. The van der Waals surface area contributed by atoms with E-state index in [1.54, 1.807) is 0 Å². The van der Waals surface area contributed by atoms with Crippen molar-refractivity contribution in [2.24, 2.45) is 11.3 Å². The summed E-state index contributed by atoms with van der Waals surface area (Å²) in [6.45, 7) is 2.68. The molecule has 2 heterocycles. The first-order valence-electron chi connectivity index (χ1n) is 6.32. The summed E-state index contributed by atoms with van der Waals surface area (Å²) in [6, 6.07) is 0. The second kappa shape index (κ2) is 5.24. The molecule has 6 heteroatoms. The fourth-order valence-corrected chi connectivity index (χ4v) is 2.48. The first kappa shape index (κ1) is 13.3. The molecule has 0 spiro atoms. The van der Waals surface area contributed by atoms with E-state index in [9.17, 15) is 9.59 Å². The summed E-state index contributed by atoms with van der Waals surface area (Å²) >= 11 is 0. The van der Waals surface area contributed by atoms with Crippen LogP contribution in [-0.2, 0) is 14.3 Å². The third-order valence-electron chi connectivity index (χ3n) is 3.87. The minimum Gasteiger partial charge on any atom is -0.480 e. The van der Waals surface area contributed by atoms with Gasteiger partial charge in [-0.1, -0.05) is 0 Å². The van der Waals surface area contributed by atoms with E-state index in [0.717, 1.165) is 25.9 Å². The Kier molecular flexibility index (Phi) is 3.87. The maximum absolute atomic E-state index is 11.8. The predicted octanol–water partition coefficient (Wildman–Crippen LogP) is -0.454. The van der Waals surface area contributed by atoms with Crippen molar-refractivity contribution >= 4 is 11.9 Å². The summed E-state index contributed by atoms with van der Waals surface area (Å²) in [4.78, 5) is 25.2. The van der Waals surface area contributed by atoms with E-state index in [0.29, 0.717) is 12.5 Å². The van der Waals surface area contributed by atoms with Gasteiger partial charge in [0.15, 0.2) is 5.41 Å². The number of hydrogen-bond acceptors (Lipinski definition) is 4. The van der Waals surface area contributed by atoms with Gasteiger partial charge in [-0.2, -0.15) is 0 Å². The van der Waals surface area contributed by atoms with Gasteiger partial charge in [0.25, 0.3) is 0 Å². The molecule has 2 aliphatic rings. The monoisotopic (exact) mass is 256 g/mol. The van der Waals surface area contributed by atoms with Crippen molar-refractivity contribution in [1.29, 1.82) is 0 Å². The van der Waals surface area contributed by atoms with E-state index < -0.39 is 17.3 Å². The van der Waals surface area contributed by atoms with E-state index in [-0.39, 0.29) is 13.2 Å². The first-order valence-corrected chi connectivity index (χ1v) is 6.32. The number of rotatable bonds is 5. The molecule has 1 atom stereocenters. The van der Waals surface area contributed by atoms with Crippen molar-refractivity contribution in [3.05, 3.63) is 0 Å². The Bertz CT molecular complexity index is 341. The summed E-state index contributed by atoms with van der Waals surface area (Å²) in [7, 11) is 2.09. The van der Waals surface area contributed by atoms with Crippen molar-refractivity contribution in [1.82, 2.24) is 10.2 Å². The molecule has 1 amide bonds. The number of carbonyl (C=O) groups is 2. The first-order chi connectivity index (χ1) is 8.54. The number of carbonyl (C=O) groups excluding carboxylic acids is 1. The Morgan fingerprint density at radius 3 is 2.67 bits per heavy atom. The molecule has 0 radical (unpaired) electrons. The van der Waals surface area contributed by atoms with E-state index in [4.69, 9.17) is 9.84 Å². The van der Waals surface area contributed by atoms with Gasteiger partial charge in [-0.25, -0.2) is 0 Å². The van der Waals surface area contributed by atoms with Crippen molar-refractivity contribution in [2.75, 3.05) is 39.9 Å². The van der Waals surface area contributed by atoms with Crippen LogP contribution in [0.3, 0.4) is 0 Å². The average Bonchev–Trinajstić information content (AvgIpc) is 2.61. The largest absolute Gasteiger partial charge is 0.480 e. The molecule has 1 unspecified atom stereocenters. The van der Waals surface area contributed by atoms with Gasteiger partial charge in [-0.3, -0.25) is 9.59 Å². The molecule has 2 saturated heterocycles. The van der Waals surface area contributed by atoms with Crippen LogP contribution in [-0.4, -0.2) is 61.8 Å². The fraction of sp³-hybridized carbons (Fsp3) is 0.833. The van der Waals surface area contributed by atoms with Crippen LogP contribution in [0, 0.1) is 11.3 Å². The Labute approximate surface area is 106 Å². The smallest absolute Gasteiger partial charge is 0.324 e. The highest BCUT2D eigenvalue weighted by Crippen LogP contribution is 2.28. The van der Waals surface area contributed by atoms with Gasteiger partial charge in [0.1, 0.15) is 0 Å². The fourth-order valence-electron chi connectivity index (χ4n) is 2.48. The van der Waals surface area contributed by atoms with Gasteiger partial charge in [0.2, 0.25) is 5.91 Å². The number of nitrogens with zero attached hydrogens (tertiary/aromatic N) is 1. The van der Waals surface area contributed by atoms with Gasteiger partial charge in [-0.15, -0.1) is 0 Å². The zero-order chi connectivity index (χ0) is 13.2. The molecule has 0 saturated carbocycles. The summed E-state index contributed by atoms with van der Waals surface area (Å²) in [5.74, 6) is -0.895. The molecular formula is C12H20N2O4. The average molecular weight is 256 g/mol. The quantitative estimate of drug-likeness (QED) is 0.651. The number of nitrogens with one attached hydrogen (secondary N) is 1. The third-order valence-corrected chi connectivity index (χ3v) is 3.87. The Hall–Kier alpha value is -1.14. The maximum Gasteiger partial charge on any atom is 0.324 e. The molecule has 0 aromatic rings. The maximum atomic E-state index is 11.8. The number of carboxylic acids is 1. The number of ether oxygens (including phenoxy) is 1. The molecule has 0 aromatic carbocycles. The highest BCUT2D eigenvalue weighted by Gasteiger charge is 2.53. The molecule has 102 valence electrons. The van der Waals surface area contributed by atoms with Gasteiger partial charge < -0.3 is 20.1 Å². The lowest BCUT2D eigenvalue weighted by Gasteiger charge is -2.35. The van der Waals surface area contributed by atoms with Crippen molar-refractivity contribution in [3.63, 3.8) is 0 Å². The Balaban J connectivity index is 1.73. The van der Waals surface area contributed by atoms with Crippen LogP contribution in [0.1, 0.15) is 12.8 Å². The van der Waals surface area contributed by atoms with Gasteiger partial charge >= 0.3 is 5.97 Å².